The number of aromatic amines is 1. The number of anilines is 1. The number of carbonyl (C=O) groups is 1. The van der Waals surface area contributed by atoms with Gasteiger partial charge in [0.15, 0.2) is 0 Å². The summed E-state index contributed by atoms with van der Waals surface area (Å²) in [5, 5.41) is 11.6. The fourth-order valence-electron chi connectivity index (χ4n) is 3.56. The molecular formula is C22H24N4O2. The van der Waals surface area contributed by atoms with Crippen LogP contribution in [-0.4, -0.2) is 41.2 Å². The molecule has 1 saturated heterocycles. The maximum atomic E-state index is 12.8. The summed E-state index contributed by atoms with van der Waals surface area (Å²) in [6.45, 7) is 5.80. The third-order valence-corrected chi connectivity index (χ3v) is 5.12. The van der Waals surface area contributed by atoms with Gasteiger partial charge in [0.05, 0.1) is 18.3 Å². The van der Waals surface area contributed by atoms with E-state index in [4.69, 9.17) is 4.74 Å². The Kier molecular flexibility index (Phi) is 5.02. The van der Waals surface area contributed by atoms with Gasteiger partial charge in [-0.3, -0.25) is 9.89 Å². The van der Waals surface area contributed by atoms with E-state index in [1.165, 1.54) is 6.42 Å². The molecule has 0 unspecified atom stereocenters. The van der Waals surface area contributed by atoms with Gasteiger partial charge >= 0.3 is 0 Å². The topological polar surface area (TPSA) is 70.2 Å². The van der Waals surface area contributed by atoms with Gasteiger partial charge in [-0.15, -0.1) is 0 Å². The quantitative estimate of drug-likeness (QED) is 0.697. The highest BCUT2D eigenvalue weighted by Gasteiger charge is 2.19. The van der Waals surface area contributed by atoms with E-state index in [-0.39, 0.29) is 5.91 Å². The van der Waals surface area contributed by atoms with Gasteiger partial charge in [-0.2, -0.15) is 5.10 Å². The number of likely N-dealkylation sites (tertiary alicyclic amines) is 1. The third kappa shape index (κ3) is 3.58. The van der Waals surface area contributed by atoms with Gasteiger partial charge in [0.2, 0.25) is 0 Å². The number of hydrogen-bond acceptors (Lipinski definition) is 4. The summed E-state index contributed by atoms with van der Waals surface area (Å²) in [7, 11) is 1.64. The van der Waals surface area contributed by atoms with Crippen LogP contribution >= 0.6 is 0 Å². The molecule has 1 aromatic heterocycles. The number of amides is 1. The van der Waals surface area contributed by atoms with Crippen LogP contribution in [0.4, 0.5) is 5.69 Å². The number of piperidine rings is 1. The Balaban J connectivity index is 1.58. The molecular weight excluding hydrogens is 352 g/mol. The summed E-state index contributed by atoms with van der Waals surface area (Å²) in [4.78, 5) is 14.8. The Morgan fingerprint density at radius 2 is 1.89 bits per heavy atom. The lowest BCUT2D eigenvalue weighted by atomic mass is 10.1. The largest absolute Gasteiger partial charge is 0.497 e. The molecule has 6 nitrogen and oxygen atoms in total. The second-order valence-corrected chi connectivity index (χ2v) is 7.02. The molecule has 2 N–H and O–H groups in total. The van der Waals surface area contributed by atoms with E-state index in [0.29, 0.717) is 17.0 Å². The van der Waals surface area contributed by atoms with Crippen LogP contribution in [0.1, 0.15) is 35.3 Å². The van der Waals surface area contributed by atoms with E-state index in [0.717, 1.165) is 48.3 Å². The molecule has 2 heterocycles. The second kappa shape index (κ2) is 7.76. The Morgan fingerprint density at radius 1 is 1.14 bits per heavy atom. The van der Waals surface area contributed by atoms with Crippen LogP contribution in [0.15, 0.2) is 49.0 Å². The smallest absolute Gasteiger partial charge is 0.253 e. The molecule has 28 heavy (non-hydrogen) atoms. The maximum absolute atomic E-state index is 12.8. The van der Waals surface area contributed by atoms with Crippen LogP contribution in [0.2, 0.25) is 0 Å². The average molecular weight is 376 g/mol. The van der Waals surface area contributed by atoms with Crippen molar-refractivity contribution in [2.75, 3.05) is 25.5 Å². The van der Waals surface area contributed by atoms with E-state index in [1.807, 2.05) is 47.4 Å². The van der Waals surface area contributed by atoms with Gasteiger partial charge in [0.25, 0.3) is 5.91 Å². The zero-order valence-corrected chi connectivity index (χ0v) is 16.0. The molecule has 4 rings (SSSR count). The number of nitrogens with zero attached hydrogens (tertiary/aromatic N) is 2. The number of carbonyl (C=O) groups excluding carboxylic acids is 1. The highest BCUT2D eigenvalue weighted by Crippen LogP contribution is 2.26. The molecule has 1 aliphatic heterocycles. The zero-order chi connectivity index (χ0) is 19.5. The number of fused-ring (bicyclic) bond motifs is 1. The molecule has 0 atom stereocenters. The summed E-state index contributed by atoms with van der Waals surface area (Å²) in [5.41, 5.74) is 3.83. The first-order chi connectivity index (χ1) is 13.7. The normalized spacial score (nSPS) is 14.1. The van der Waals surface area contributed by atoms with Crippen LogP contribution in [0.3, 0.4) is 0 Å². The Hall–Kier alpha value is -3.28. The van der Waals surface area contributed by atoms with Gasteiger partial charge in [0, 0.05) is 29.7 Å². The Labute approximate surface area is 164 Å². The van der Waals surface area contributed by atoms with E-state index < -0.39 is 0 Å². The Bertz CT molecular complexity index is 1000. The zero-order valence-electron chi connectivity index (χ0n) is 16.0. The van der Waals surface area contributed by atoms with Gasteiger partial charge in [-0.25, -0.2) is 0 Å². The van der Waals surface area contributed by atoms with Crippen LogP contribution < -0.4 is 10.1 Å². The molecule has 0 aliphatic carbocycles. The molecule has 0 bridgehead atoms. The minimum atomic E-state index is 0.0856. The highest BCUT2D eigenvalue weighted by atomic mass is 16.5. The van der Waals surface area contributed by atoms with Crippen molar-refractivity contribution in [2.24, 2.45) is 0 Å². The van der Waals surface area contributed by atoms with Crippen LogP contribution in [0.5, 0.6) is 5.75 Å². The number of rotatable bonds is 5. The van der Waals surface area contributed by atoms with Crippen molar-refractivity contribution in [3.8, 4) is 5.75 Å². The number of nitrogens with one attached hydrogen (secondary N) is 2. The Morgan fingerprint density at radius 3 is 2.61 bits per heavy atom. The summed E-state index contributed by atoms with van der Waals surface area (Å²) >= 11 is 0. The second-order valence-electron chi connectivity index (χ2n) is 7.02. The molecule has 0 spiro atoms. The van der Waals surface area contributed by atoms with E-state index in [2.05, 4.69) is 22.1 Å². The van der Waals surface area contributed by atoms with Gasteiger partial charge in [0.1, 0.15) is 11.4 Å². The van der Waals surface area contributed by atoms with Crippen LogP contribution in [0.25, 0.3) is 16.6 Å². The third-order valence-electron chi connectivity index (χ3n) is 5.12. The predicted octanol–water partition coefficient (Wildman–Crippen LogP) is 4.28. The minimum absolute atomic E-state index is 0.0856. The maximum Gasteiger partial charge on any atom is 0.253 e. The van der Waals surface area contributed by atoms with Gasteiger partial charge in [-0.1, -0.05) is 6.58 Å². The summed E-state index contributed by atoms with van der Waals surface area (Å²) in [6, 6.07) is 13.3. The monoisotopic (exact) mass is 376 g/mol. The van der Waals surface area contributed by atoms with Crippen molar-refractivity contribution in [2.45, 2.75) is 19.3 Å². The first kappa shape index (κ1) is 18.1. The van der Waals surface area contributed by atoms with Gasteiger partial charge in [-0.05, 0) is 61.7 Å². The first-order valence-electron chi connectivity index (χ1n) is 9.53. The summed E-state index contributed by atoms with van der Waals surface area (Å²) < 4.78 is 5.19. The van der Waals surface area contributed by atoms with E-state index >= 15 is 0 Å². The molecule has 1 aliphatic rings. The number of hydrogen-bond donors (Lipinski definition) is 2. The molecule has 2 aromatic carbocycles. The fourth-order valence-corrected chi connectivity index (χ4v) is 3.56. The molecule has 1 fully saturated rings. The summed E-state index contributed by atoms with van der Waals surface area (Å²) in [5.74, 6) is 0.879. The van der Waals surface area contributed by atoms with Crippen molar-refractivity contribution in [3.63, 3.8) is 0 Å². The number of aromatic nitrogens is 2. The average Bonchev–Trinajstić information content (AvgIpc) is 3.18. The van der Waals surface area contributed by atoms with E-state index in [9.17, 15) is 4.79 Å². The number of benzene rings is 2. The van der Waals surface area contributed by atoms with Crippen molar-refractivity contribution in [1.82, 2.24) is 15.1 Å². The number of methoxy groups -OCH3 is 1. The van der Waals surface area contributed by atoms with Crippen molar-refractivity contribution < 1.29 is 9.53 Å². The molecule has 3 aromatic rings. The van der Waals surface area contributed by atoms with Gasteiger partial charge < -0.3 is 15.0 Å². The SMILES string of the molecule is C=C(Nc1ccc(OC)cc1)c1n[nH]c2ccc(C(=O)N3CCCCC3)cc12. The van der Waals surface area contributed by atoms with Crippen LogP contribution in [-0.2, 0) is 0 Å². The lowest BCUT2D eigenvalue weighted by Gasteiger charge is -2.26. The number of H-pyrrole nitrogens is 1. The minimum Gasteiger partial charge on any atom is -0.497 e. The van der Waals surface area contributed by atoms with E-state index in [1.54, 1.807) is 7.11 Å². The molecule has 144 valence electrons. The number of ether oxygens (including phenoxy) is 1. The molecule has 0 radical (unpaired) electrons. The van der Waals surface area contributed by atoms with Crippen LogP contribution in [0, 0.1) is 0 Å². The molecule has 0 saturated carbocycles. The molecule has 6 heteroatoms. The van der Waals surface area contributed by atoms with Crippen molar-refractivity contribution in [3.05, 3.63) is 60.3 Å². The first-order valence-corrected chi connectivity index (χ1v) is 9.53. The predicted molar refractivity (Wildman–Crippen MR) is 111 cm³/mol. The van der Waals surface area contributed by atoms with Crippen molar-refractivity contribution >= 4 is 28.2 Å². The lowest BCUT2D eigenvalue weighted by molar-refractivity contribution is 0.0724. The fraction of sp³-hybridized carbons (Fsp3) is 0.273. The van der Waals surface area contributed by atoms with Crippen molar-refractivity contribution in [1.29, 1.82) is 0 Å². The molecule has 1 amide bonds. The lowest BCUT2D eigenvalue weighted by Crippen LogP contribution is -2.35. The summed E-state index contributed by atoms with van der Waals surface area (Å²) in [6.07, 6.45) is 3.35. The standard InChI is InChI=1S/C22H24N4O2/c1-15(23-17-7-9-18(28-2)10-8-17)21-19-14-16(6-11-20(19)24-25-21)22(27)26-12-4-3-5-13-26/h6-11,14,23H,1,3-5,12-13H2,2H3,(H,24,25). The highest BCUT2D eigenvalue weighted by molar-refractivity contribution is 6.01.